The number of ether oxygens (including phenoxy) is 1. The zero-order chi connectivity index (χ0) is 12.1. The lowest BCUT2D eigenvalue weighted by atomic mass is 10.3. The van der Waals surface area contributed by atoms with Gasteiger partial charge in [0.15, 0.2) is 0 Å². The molecule has 16 heavy (non-hydrogen) atoms. The summed E-state index contributed by atoms with van der Waals surface area (Å²) in [5.74, 6) is 0.324. The molecule has 3 amide bonds. The van der Waals surface area contributed by atoms with Gasteiger partial charge in [0.25, 0.3) is 0 Å². The van der Waals surface area contributed by atoms with Gasteiger partial charge < -0.3 is 10.1 Å². The summed E-state index contributed by atoms with van der Waals surface area (Å²) >= 11 is 5.67. The number of imide groups is 1. The van der Waals surface area contributed by atoms with Crippen LogP contribution < -0.4 is 10.1 Å². The normalized spacial score (nSPS) is 9.44. The molecule has 0 spiro atoms. The molecule has 6 heteroatoms. The van der Waals surface area contributed by atoms with E-state index in [1.165, 1.54) is 26.2 Å². The maximum atomic E-state index is 11.4. The number of halogens is 1. The summed E-state index contributed by atoms with van der Waals surface area (Å²) in [4.78, 5) is 23.3. The standard InChI is InChI=1S/C10H11ClN2O3/c1-12-9(14)13(2)10(15)16-8-5-3-7(11)4-6-8/h3-6H,1-2H3,(H,12,14). The van der Waals surface area contributed by atoms with Crippen LogP contribution in [0.5, 0.6) is 5.75 Å². The minimum Gasteiger partial charge on any atom is -0.410 e. The fourth-order valence-corrected chi connectivity index (χ4v) is 1.05. The number of urea groups is 1. The Morgan fingerprint density at radius 1 is 1.31 bits per heavy atom. The van der Waals surface area contributed by atoms with E-state index in [1.54, 1.807) is 12.1 Å². The molecule has 1 aromatic rings. The third-order valence-electron chi connectivity index (χ3n) is 1.81. The molecule has 0 aliphatic heterocycles. The second kappa shape index (κ2) is 5.37. The Kier molecular flexibility index (Phi) is 4.13. The van der Waals surface area contributed by atoms with Gasteiger partial charge in [-0.3, -0.25) is 0 Å². The molecule has 0 fully saturated rings. The molecule has 1 aromatic carbocycles. The van der Waals surface area contributed by atoms with Gasteiger partial charge in [-0.15, -0.1) is 0 Å². The maximum Gasteiger partial charge on any atom is 0.423 e. The molecule has 0 bridgehead atoms. The largest absolute Gasteiger partial charge is 0.423 e. The molecule has 5 nitrogen and oxygen atoms in total. The van der Waals surface area contributed by atoms with Crippen molar-refractivity contribution in [3.05, 3.63) is 29.3 Å². The Morgan fingerprint density at radius 3 is 2.38 bits per heavy atom. The van der Waals surface area contributed by atoms with Crippen LogP contribution in [-0.2, 0) is 0 Å². The van der Waals surface area contributed by atoms with Gasteiger partial charge >= 0.3 is 12.1 Å². The second-order valence-corrected chi connectivity index (χ2v) is 3.37. The molecule has 0 saturated heterocycles. The van der Waals surface area contributed by atoms with E-state index in [0.717, 1.165) is 4.90 Å². The first-order valence-electron chi connectivity index (χ1n) is 4.47. The Balaban J connectivity index is 2.64. The Hall–Kier alpha value is -1.75. The average Bonchev–Trinajstić information content (AvgIpc) is 2.30. The van der Waals surface area contributed by atoms with Crippen molar-refractivity contribution in [3.63, 3.8) is 0 Å². The predicted octanol–water partition coefficient (Wildman–Crippen LogP) is 2.11. The molecule has 0 saturated carbocycles. The summed E-state index contributed by atoms with van der Waals surface area (Å²) in [6.45, 7) is 0. The number of hydrogen-bond acceptors (Lipinski definition) is 3. The minimum atomic E-state index is -0.762. The number of hydrogen-bond donors (Lipinski definition) is 1. The molecule has 1 N–H and O–H groups in total. The van der Waals surface area contributed by atoms with Crippen molar-refractivity contribution in [1.82, 2.24) is 10.2 Å². The molecule has 0 aliphatic carbocycles. The SMILES string of the molecule is CNC(=O)N(C)C(=O)Oc1ccc(Cl)cc1. The first-order valence-corrected chi connectivity index (χ1v) is 4.85. The first-order chi connectivity index (χ1) is 7.54. The predicted molar refractivity (Wildman–Crippen MR) is 59.7 cm³/mol. The summed E-state index contributed by atoms with van der Waals surface area (Å²) in [5.41, 5.74) is 0. The number of nitrogens with one attached hydrogen (secondary N) is 1. The number of benzene rings is 1. The van der Waals surface area contributed by atoms with Crippen molar-refractivity contribution in [3.8, 4) is 5.75 Å². The molecule has 1 rings (SSSR count). The zero-order valence-electron chi connectivity index (χ0n) is 8.86. The van der Waals surface area contributed by atoms with Crippen LogP contribution in [0.25, 0.3) is 0 Å². The third-order valence-corrected chi connectivity index (χ3v) is 2.06. The molecule has 0 aromatic heterocycles. The van der Waals surface area contributed by atoms with Gasteiger partial charge in [0.2, 0.25) is 0 Å². The van der Waals surface area contributed by atoms with Crippen LogP contribution in [0.3, 0.4) is 0 Å². The fraction of sp³-hybridized carbons (Fsp3) is 0.200. The smallest absolute Gasteiger partial charge is 0.410 e. The van der Waals surface area contributed by atoms with Crippen LogP contribution in [-0.4, -0.2) is 31.1 Å². The third kappa shape index (κ3) is 3.13. The van der Waals surface area contributed by atoms with Gasteiger partial charge in [-0.25, -0.2) is 14.5 Å². The van der Waals surface area contributed by atoms with Gasteiger partial charge in [-0.05, 0) is 24.3 Å². The molecule has 0 aliphatic rings. The van der Waals surface area contributed by atoms with Crippen molar-refractivity contribution in [2.45, 2.75) is 0 Å². The van der Waals surface area contributed by atoms with E-state index in [-0.39, 0.29) is 0 Å². The van der Waals surface area contributed by atoms with Crippen LogP contribution >= 0.6 is 11.6 Å². The highest BCUT2D eigenvalue weighted by atomic mass is 35.5. The van der Waals surface area contributed by atoms with E-state index in [0.29, 0.717) is 10.8 Å². The van der Waals surface area contributed by atoms with Crippen LogP contribution in [0.15, 0.2) is 24.3 Å². The fourth-order valence-electron chi connectivity index (χ4n) is 0.923. The highest BCUT2D eigenvalue weighted by Crippen LogP contribution is 2.16. The Morgan fingerprint density at radius 2 is 1.88 bits per heavy atom. The van der Waals surface area contributed by atoms with Gasteiger partial charge in [-0.2, -0.15) is 0 Å². The molecule has 86 valence electrons. The van der Waals surface area contributed by atoms with Gasteiger partial charge in [0.1, 0.15) is 5.75 Å². The Labute approximate surface area is 97.9 Å². The highest BCUT2D eigenvalue weighted by Gasteiger charge is 2.17. The van der Waals surface area contributed by atoms with E-state index < -0.39 is 12.1 Å². The summed E-state index contributed by atoms with van der Waals surface area (Å²) in [6.07, 6.45) is -0.762. The number of rotatable bonds is 1. The average molecular weight is 243 g/mol. The molecular formula is C10H11ClN2O3. The van der Waals surface area contributed by atoms with Crippen molar-refractivity contribution >= 4 is 23.7 Å². The van der Waals surface area contributed by atoms with E-state index >= 15 is 0 Å². The molecule has 0 heterocycles. The quantitative estimate of drug-likeness (QED) is 0.821. The lowest BCUT2D eigenvalue weighted by Crippen LogP contribution is -2.40. The highest BCUT2D eigenvalue weighted by molar-refractivity contribution is 6.30. The van der Waals surface area contributed by atoms with Gasteiger partial charge in [-0.1, -0.05) is 11.6 Å². The number of nitrogens with zero attached hydrogens (tertiary/aromatic N) is 1. The van der Waals surface area contributed by atoms with Crippen LogP contribution in [0.1, 0.15) is 0 Å². The lowest BCUT2D eigenvalue weighted by molar-refractivity contribution is 0.163. The van der Waals surface area contributed by atoms with Gasteiger partial charge in [0.05, 0.1) is 0 Å². The minimum absolute atomic E-state index is 0.324. The van der Waals surface area contributed by atoms with E-state index in [1.807, 2.05) is 0 Å². The van der Waals surface area contributed by atoms with Crippen LogP contribution in [0.4, 0.5) is 9.59 Å². The van der Waals surface area contributed by atoms with Crippen LogP contribution in [0.2, 0.25) is 5.02 Å². The van der Waals surface area contributed by atoms with Crippen molar-refractivity contribution < 1.29 is 14.3 Å². The monoisotopic (exact) mass is 242 g/mol. The zero-order valence-corrected chi connectivity index (χ0v) is 9.62. The number of carbonyl (C=O) groups excluding carboxylic acids is 2. The lowest BCUT2D eigenvalue weighted by Gasteiger charge is -2.14. The van der Waals surface area contributed by atoms with Crippen molar-refractivity contribution in [1.29, 1.82) is 0 Å². The van der Waals surface area contributed by atoms with Gasteiger partial charge in [0, 0.05) is 19.1 Å². The number of amides is 3. The summed E-state index contributed by atoms with van der Waals surface area (Å²) in [6, 6.07) is 5.71. The number of carbonyl (C=O) groups is 2. The molecule has 0 radical (unpaired) electrons. The van der Waals surface area contributed by atoms with Crippen LogP contribution in [0, 0.1) is 0 Å². The molecule has 0 atom stereocenters. The summed E-state index contributed by atoms with van der Waals surface area (Å²) < 4.78 is 4.92. The summed E-state index contributed by atoms with van der Waals surface area (Å²) in [5, 5.41) is 2.85. The summed E-state index contributed by atoms with van der Waals surface area (Å²) in [7, 11) is 2.74. The molecule has 0 unspecified atom stereocenters. The van der Waals surface area contributed by atoms with Crippen molar-refractivity contribution in [2.24, 2.45) is 0 Å². The first kappa shape index (κ1) is 12.3. The maximum absolute atomic E-state index is 11.4. The van der Waals surface area contributed by atoms with E-state index in [2.05, 4.69) is 5.32 Å². The molecular weight excluding hydrogens is 232 g/mol. The Bertz CT molecular complexity index is 392. The second-order valence-electron chi connectivity index (χ2n) is 2.94. The van der Waals surface area contributed by atoms with E-state index in [4.69, 9.17) is 16.3 Å². The van der Waals surface area contributed by atoms with Crippen molar-refractivity contribution in [2.75, 3.05) is 14.1 Å². The van der Waals surface area contributed by atoms with E-state index in [9.17, 15) is 9.59 Å². The topological polar surface area (TPSA) is 58.6 Å².